The zero-order chi connectivity index (χ0) is 14.4. The van der Waals surface area contributed by atoms with Gasteiger partial charge in [-0.2, -0.15) is 5.26 Å². The molecule has 1 aromatic carbocycles. The predicted octanol–water partition coefficient (Wildman–Crippen LogP) is 2.59. The summed E-state index contributed by atoms with van der Waals surface area (Å²) in [5.41, 5.74) is 1.35. The highest BCUT2D eigenvalue weighted by Crippen LogP contribution is 2.34. The first-order valence-corrected chi connectivity index (χ1v) is 6.27. The van der Waals surface area contributed by atoms with Gasteiger partial charge >= 0.3 is 0 Å². The molecule has 4 heteroatoms. The molecule has 98 valence electrons. The summed E-state index contributed by atoms with van der Waals surface area (Å²) in [7, 11) is 0. The van der Waals surface area contributed by atoms with Gasteiger partial charge in [-0.05, 0) is 38.3 Å². The van der Waals surface area contributed by atoms with Crippen molar-refractivity contribution in [1.82, 2.24) is 4.90 Å². The van der Waals surface area contributed by atoms with E-state index in [1.165, 1.54) is 0 Å². The average Bonchev–Trinajstić information content (AvgIpc) is 2.67. The van der Waals surface area contributed by atoms with Gasteiger partial charge in [0.25, 0.3) is 11.8 Å². The molecule has 2 rings (SSSR count). The maximum absolute atomic E-state index is 12.5. The molecule has 19 heavy (non-hydrogen) atoms. The highest BCUT2D eigenvalue weighted by molar-refractivity contribution is 6.23. The van der Waals surface area contributed by atoms with Gasteiger partial charge in [0.2, 0.25) is 0 Å². The van der Waals surface area contributed by atoms with E-state index in [1.807, 2.05) is 26.0 Å². The van der Waals surface area contributed by atoms with Crippen LogP contribution in [0.15, 0.2) is 12.1 Å². The lowest BCUT2D eigenvalue weighted by atomic mass is 9.98. The summed E-state index contributed by atoms with van der Waals surface area (Å²) in [6.07, 6.45) is 0.410. The smallest absolute Gasteiger partial charge is 0.263 e. The molecule has 0 aromatic heterocycles. The van der Waals surface area contributed by atoms with E-state index >= 15 is 0 Å². The summed E-state index contributed by atoms with van der Waals surface area (Å²) in [6, 6.07) is 5.75. The van der Waals surface area contributed by atoms with Crippen molar-refractivity contribution >= 4 is 11.8 Å². The van der Waals surface area contributed by atoms with E-state index in [-0.39, 0.29) is 11.8 Å². The first-order valence-electron chi connectivity index (χ1n) is 6.27. The Morgan fingerprint density at radius 1 is 1.16 bits per heavy atom. The molecule has 0 bridgehead atoms. The van der Waals surface area contributed by atoms with Crippen LogP contribution in [0.1, 0.15) is 52.1 Å². The number of nitriles is 1. The molecule has 0 N–H and O–H groups in total. The number of fused-ring (bicyclic) bond motifs is 1. The van der Waals surface area contributed by atoms with E-state index in [1.54, 1.807) is 13.8 Å². The Kier molecular flexibility index (Phi) is 2.94. The second kappa shape index (κ2) is 4.20. The molecule has 0 fully saturated rings. The zero-order valence-electron chi connectivity index (χ0n) is 11.6. The van der Waals surface area contributed by atoms with Crippen LogP contribution in [0.25, 0.3) is 0 Å². The van der Waals surface area contributed by atoms with Crippen LogP contribution in [-0.4, -0.2) is 22.3 Å². The molecule has 0 aliphatic carbocycles. The van der Waals surface area contributed by atoms with Crippen LogP contribution in [0.3, 0.4) is 0 Å². The Hall–Kier alpha value is -2.15. The largest absolute Gasteiger partial charge is 0.269 e. The maximum Gasteiger partial charge on any atom is 0.263 e. The molecule has 0 saturated carbocycles. The summed E-state index contributed by atoms with van der Waals surface area (Å²) in [4.78, 5) is 26.1. The number of aryl methyl sites for hydroxylation is 2. The van der Waals surface area contributed by atoms with Crippen molar-refractivity contribution < 1.29 is 9.59 Å². The summed E-state index contributed by atoms with van der Waals surface area (Å²) in [6.45, 7) is 7.04. The second-order valence-electron chi connectivity index (χ2n) is 5.13. The van der Waals surface area contributed by atoms with Crippen molar-refractivity contribution in [3.05, 3.63) is 34.4 Å². The summed E-state index contributed by atoms with van der Waals surface area (Å²) in [5.74, 6) is -0.709. The Morgan fingerprint density at radius 2 is 1.58 bits per heavy atom. The fraction of sp³-hybridized carbons (Fsp3) is 0.400. The molecular weight excluding hydrogens is 240 g/mol. The fourth-order valence-corrected chi connectivity index (χ4v) is 2.41. The molecule has 1 aromatic rings. The lowest BCUT2D eigenvalue weighted by molar-refractivity contribution is 0.0524. The number of nitrogens with zero attached hydrogens (tertiary/aromatic N) is 2. The van der Waals surface area contributed by atoms with E-state index in [9.17, 15) is 14.9 Å². The number of amides is 2. The van der Waals surface area contributed by atoms with Crippen LogP contribution in [0.5, 0.6) is 0 Å². The van der Waals surface area contributed by atoms with Crippen LogP contribution in [0.4, 0.5) is 0 Å². The zero-order valence-corrected chi connectivity index (χ0v) is 11.6. The third-order valence-corrected chi connectivity index (χ3v) is 3.88. The average molecular weight is 256 g/mol. The van der Waals surface area contributed by atoms with Crippen molar-refractivity contribution in [2.45, 2.75) is 39.7 Å². The summed E-state index contributed by atoms with van der Waals surface area (Å²) in [5, 5.41) is 9.30. The first-order chi connectivity index (χ1) is 8.87. The van der Waals surface area contributed by atoms with Crippen molar-refractivity contribution in [2.75, 3.05) is 0 Å². The van der Waals surface area contributed by atoms with E-state index < -0.39 is 5.54 Å². The number of rotatable bonds is 2. The van der Waals surface area contributed by atoms with Gasteiger partial charge in [0.1, 0.15) is 5.54 Å². The monoisotopic (exact) mass is 256 g/mol. The van der Waals surface area contributed by atoms with Crippen LogP contribution >= 0.6 is 0 Å². The fourth-order valence-electron chi connectivity index (χ4n) is 2.41. The van der Waals surface area contributed by atoms with E-state index in [0.717, 1.165) is 16.0 Å². The van der Waals surface area contributed by atoms with E-state index in [0.29, 0.717) is 17.5 Å². The SMILES string of the molecule is CCC(C)(C#N)N1C(=O)c2c(C)ccc(C)c2C1=O. The second-order valence-corrected chi connectivity index (χ2v) is 5.13. The normalized spacial score (nSPS) is 17.1. The van der Waals surface area contributed by atoms with Gasteiger partial charge in [0.05, 0.1) is 17.2 Å². The minimum absolute atomic E-state index is 0.355. The van der Waals surface area contributed by atoms with E-state index in [4.69, 9.17) is 0 Å². The van der Waals surface area contributed by atoms with Crippen LogP contribution in [-0.2, 0) is 0 Å². The van der Waals surface area contributed by atoms with E-state index in [2.05, 4.69) is 6.07 Å². The molecule has 4 nitrogen and oxygen atoms in total. The van der Waals surface area contributed by atoms with Gasteiger partial charge in [0, 0.05) is 0 Å². The molecular formula is C15H16N2O2. The highest BCUT2D eigenvalue weighted by Gasteiger charge is 2.47. The standard InChI is InChI=1S/C15H16N2O2/c1-5-15(4,8-16)17-13(18)11-9(2)6-7-10(3)12(11)14(17)19/h6-7H,5H2,1-4H3. The van der Waals surface area contributed by atoms with Gasteiger partial charge in [-0.15, -0.1) is 0 Å². The Balaban J connectivity index is 2.67. The molecule has 1 unspecified atom stereocenters. The molecule has 0 spiro atoms. The first kappa shape index (κ1) is 13.3. The molecule has 0 saturated heterocycles. The Morgan fingerprint density at radius 3 is 1.89 bits per heavy atom. The molecule has 2 amide bonds. The topological polar surface area (TPSA) is 61.2 Å². The highest BCUT2D eigenvalue weighted by atomic mass is 16.2. The van der Waals surface area contributed by atoms with Crippen LogP contribution in [0, 0.1) is 25.2 Å². The number of carbonyl (C=O) groups is 2. The van der Waals surface area contributed by atoms with Gasteiger partial charge in [0.15, 0.2) is 0 Å². The quantitative estimate of drug-likeness (QED) is 0.764. The van der Waals surface area contributed by atoms with Gasteiger partial charge in [-0.1, -0.05) is 19.1 Å². The number of imide groups is 1. The molecule has 1 heterocycles. The Labute approximate surface area is 112 Å². The van der Waals surface area contributed by atoms with Crippen molar-refractivity contribution in [3.8, 4) is 6.07 Å². The van der Waals surface area contributed by atoms with Gasteiger partial charge in [-0.3, -0.25) is 14.5 Å². The molecule has 1 aliphatic heterocycles. The van der Waals surface area contributed by atoms with Crippen molar-refractivity contribution in [3.63, 3.8) is 0 Å². The molecule has 1 aliphatic rings. The minimum Gasteiger partial charge on any atom is -0.269 e. The van der Waals surface area contributed by atoms with Crippen LogP contribution in [0.2, 0.25) is 0 Å². The number of hydrogen-bond acceptors (Lipinski definition) is 3. The molecule has 1 atom stereocenters. The predicted molar refractivity (Wildman–Crippen MR) is 70.7 cm³/mol. The minimum atomic E-state index is -1.09. The third kappa shape index (κ3) is 1.66. The Bertz CT molecular complexity index is 587. The lowest BCUT2D eigenvalue weighted by Gasteiger charge is -2.29. The van der Waals surface area contributed by atoms with Crippen LogP contribution < -0.4 is 0 Å². The number of carbonyl (C=O) groups excluding carboxylic acids is 2. The third-order valence-electron chi connectivity index (χ3n) is 3.88. The number of benzene rings is 1. The van der Waals surface area contributed by atoms with Crippen molar-refractivity contribution in [1.29, 1.82) is 5.26 Å². The number of hydrogen-bond donors (Lipinski definition) is 0. The van der Waals surface area contributed by atoms with Gasteiger partial charge < -0.3 is 0 Å². The molecule has 0 radical (unpaired) electrons. The lowest BCUT2D eigenvalue weighted by Crippen LogP contribution is -2.48. The summed E-state index contributed by atoms with van der Waals surface area (Å²) >= 11 is 0. The van der Waals surface area contributed by atoms with Crippen molar-refractivity contribution in [2.24, 2.45) is 0 Å². The maximum atomic E-state index is 12.5. The summed E-state index contributed by atoms with van der Waals surface area (Å²) < 4.78 is 0. The van der Waals surface area contributed by atoms with Gasteiger partial charge in [-0.25, -0.2) is 0 Å².